The number of hydrogen-bond donors (Lipinski definition) is 2. The maximum atomic E-state index is 14.8. The molecule has 2 heterocycles. The molecule has 5 aromatic rings. The van der Waals surface area contributed by atoms with Crippen LogP contribution in [0.2, 0.25) is 5.02 Å². The highest BCUT2D eigenvalue weighted by Crippen LogP contribution is 2.40. The van der Waals surface area contributed by atoms with Gasteiger partial charge >= 0.3 is 6.18 Å². The van der Waals surface area contributed by atoms with Gasteiger partial charge in [0.1, 0.15) is 11.4 Å². The van der Waals surface area contributed by atoms with Crippen LogP contribution in [-0.4, -0.2) is 15.0 Å². The summed E-state index contributed by atoms with van der Waals surface area (Å²) in [7, 11) is 0. The molecule has 2 N–H and O–H groups in total. The number of pyridine rings is 1. The second kappa shape index (κ2) is 9.76. The Balaban J connectivity index is 1.78. The summed E-state index contributed by atoms with van der Waals surface area (Å²) in [5, 5.41) is 3.67. The number of rotatable bonds is 6. The zero-order chi connectivity index (χ0) is 27.1. The van der Waals surface area contributed by atoms with Gasteiger partial charge in [0.2, 0.25) is 5.95 Å². The molecule has 0 fully saturated rings. The van der Waals surface area contributed by atoms with E-state index in [1.165, 1.54) is 6.20 Å². The number of H-pyrrole nitrogens is 1. The number of aromatic amines is 1. The highest BCUT2D eigenvalue weighted by atomic mass is 35.5. The summed E-state index contributed by atoms with van der Waals surface area (Å²) in [5.74, 6) is -0.714. The SMILES string of the molecule is Cc1cc2nc(N[C@](Cc3ccccc3)(c3cc(F)cc(C(F)(F)F)c3)c3ccc(Cl)cn3)[nH]c2cc1C. The Morgan fingerprint density at radius 3 is 2.29 bits per heavy atom. The van der Waals surface area contributed by atoms with Gasteiger partial charge in [-0.05, 0) is 78.6 Å². The average Bonchev–Trinajstić information content (AvgIpc) is 3.24. The summed E-state index contributed by atoms with van der Waals surface area (Å²) < 4.78 is 56.3. The second-order valence-electron chi connectivity index (χ2n) is 9.32. The maximum absolute atomic E-state index is 14.8. The second-order valence-corrected chi connectivity index (χ2v) is 9.76. The fourth-order valence-corrected chi connectivity index (χ4v) is 4.69. The van der Waals surface area contributed by atoms with Crippen LogP contribution in [0, 0.1) is 19.7 Å². The van der Waals surface area contributed by atoms with E-state index >= 15 is 0 Å². The minimum Gasteiger partial charge on any atom is -0.340 e. The highest BCUT2D eigenvalue weighted by molar-refractivity contribution is 6.30. The van der Waals surface area contributed by atoms with Crippen molar-refractivity contribution >= 4 is 28.6 Å². The predicted octanol–water partition coefficient (Wildman–Crippen LogP) is 7.98. The van der Waals surface area contributed by atoms with Crippen LogP contribution in [-0.2, 0) is 18.1 Å². The number of anilines is 1. The van der Waals surface area contributed by atoms with Crippen LogP contribution in [0.4, 0.5) is 23.5 Å². The minimum atomic E-state index is -4.75. The van der Waals surface area contributed by atoms with E-state index in [9.17, 15) is 17.6 Å². The lowest BCUT2D eigenvalue weighted by Crippen LogP contribution is -2.40. The number of nitrogens with one attached hydrogen (secondary N) is 2. The lowest BCUT2D eigenvalue weighted by molar-refractivity contribution is -0.137. The number of benzene rings is 3. The molecule has 4 nitrogen and oxygen atoms in total. The van der Waals surface area contributed by atoms with Gasteiger partial charge in [-0.2, -0.15) is 13.2 Å². The van der Waals surface area contributed by atoms with Gasteiger partial charge in [0.15, 0.2) is 0 Å². The third-order valence-corrected chi connectivity index (χ3v) is 6.85. The first kappa shape index (κ1) is 25.7. The third kappa shape index (κ3) is 5.09. The Labute approximate surface area is 221 Å². The first-order valence-electron chi connectivity index (χ1n) is 11.8. The summed E-state index contributed by atoms with van der Waals surface area (Å²) in [6, 6.07) is 18.8. The van der Waals surface area contributed by atoms with Crippen molar-refractivity contribution in [2.75, 3.05) is 5.32 Å². The molecule has 0 aliphatic rings. The molecule has 0 radical (unpaired) electrons. The van der Waals surface area contributed by atoms with Gasteiger partial charge in [-0.1, -0.05) is 41.9 Å². The molecule has 0 unspecified atom stereocenters. The van der Waals surface area contributed by atoms with E-state index < -0.39 is 23.1 Å². The molecule has 0 saturated carbocycles. The van der Waals surface area contributed by atoms with Crippen LogP contribution >= 0.6 is 11.6 Å². The van der Waals surface area contributed by atoms with Gasteiger partial charge in [0, 0.05) is 12.6 Å². The number of aromatic nitrogens is 3. The largest absolute Gasteiger partial charge is 0.416 e. The highest BCUT2D eigenvalue weighted by Gasteiger charge is 2.40. The molecule has 5 rings (SSSR count). The average molecular weight is 539 g/mol. The van der Waals surface area contributed by atoms with Gasteiger partial charge in [0.25, 0.3) is 0 Å². The fraction of sp³-hybridized carbons (Fsp3) is 0.172. The van der Waals surface area contributed by atoms with Crippen molar-refractivity contribution in [2.45, 2.75) is 32.0 Å². The van der Waals surface area contributed by atoms with Gasteiger partial charge in [0.05, 0.1) is 27.3 Å². The van der Waals surface area contributed by atoms with Crippen molar-refractivity contribution < 1.29 is 17.6 Å². The first-order valence-corrected chi connectivity index (χ1v) is 12.2. The molecule has 0 bridgehead atoms. The van der Waals surface area contributed by atoms with Crippen LogP contribution in [0.25, 0.3) is 11.0 Å². The van der Waals surface area contributed by atoms with E-state index in [4.69, 9.17) is 11.6 Å². The van der Waals surface area contributed by atoms with E-state index in [2.05, 4.69) is 20.3 Å². The van der Waals surface area contributed by atoms with Crippen molar-refractivity contribution in [2.24, 2.45) is 0 Å². The van der Waals surface area contributed by atoms with Crippen molar-refractivity contribution in [3.8, 4) is 0 Å². The number of nitrogens with zero attached hydrogens (tertiary/aromatic N) is 2. The number of halogens is 5. The number of hydrogen-bond acceptors (Lipinski definition) is 3. The fourth-order valence-electron chi connectivity index (χ4n) is 4.58. The summed E-state index contributed by atoms with van der Waals surface area (Å²) >= 11 is 6.11. The topological polar surface area (TPSA) is 53.6 Å². The van der Waals surface area contributed by atoms with Gasteiger partial charge in [-0.25, -0.2) is 9.37 Å². The molecule has 0 amide bonds. The number of alkyl halides is 3. The summed E-state index contributed by atoms with van der Waals surface area (Å²) in [6.07, 6.45) is -3.21. The van der Waals surface area contributed by atoms with E-state index in [0.29, 0.717) is 28.2 Å². The van der Waals surface area contributed by atoms with E-state index in [0.717, 1.165) is 34.3 Å². The molecule has 2 aromatic heterocycles. The van der Waals surface area contributed by atoms with E-state index in [1.807, 2.05) is 56.3 Å². The number of imidazole rings is 1. The molecule has 1 atom stereocenters. The van der Waals surface area contributed by atoms with Crippen molar-refractivity contribution in [1.82, 2.24) is 15.0 Å². The predicted molar refractivity (Wildman–Crippen MR) is 141 cm³/mol. The van der Waals surface area contributed by atoms with Crippen LogP contribution in [0.15, 0.2) is 79.0 Å². The van der Waals surface area contributed by atoms with Crippen LogP contribution in [0.5, 0.6) is 0 Å². The standard InChI is InChI=1S/C29H23ClF4N4/c1-17-10-24-25(11-18(17)2)37-27(36-24)38-28(15-19-6-4-3-5-7-19,26-9-8-22(30)16-35-26)20-12-21(29(32,33)34)14-23(31)13-20/h3-14,16H,15H2,1-2H3,(H2,36,37,38)/t28-/m1/s1. The van der Waals surface area contributed by atoms with Crippen molar-refractivity contribution in [3.05, 3.63) is 123 Å². The third-order valence-electron chi connectivity index (χ3n) is 6.62. The Kier molecular flexibility index (Phi) is 6.61. The Morgan fingerprint density at radius 1 is 0.895 bits per heavy atom. The van der Waals surface area contributed by atoms with Gasteiger partial charge in [-0.3, -0.25) is 4.98 Å². The molecular weight excluding hydrogens is 516 g/mol. The van der Waals surface area contributed by atoms with Crippen LogP contribution in [0.1, 0.15) is 33.5 Å². The monoisotopic (exact) mass is 538 g/mol. The maximum Gasteiger partial charge on any atom is 0.416 e. The number of aryl methyl sites for hydroxylation is 2. The van der Waals surface area contributed by atoms with E-state index in [-0.39, 0.29) is 12.0 Å². The van der Waals surface area contributed by atoms with Crippen LogP contribution < -0.4 is 5.32 Å². The Morgan fingerprint density at radius 2 is 1.61 bits per heavy atom. The summed E-state index contributed by atoms with van der Waals surface area (Å²) in [6.45, 7) is 3.95. The lowest BCUT2D eigenvalue weighted by atomic mass is 9.80. The Hall–Kier alpha value is -3.91. The van der Waals surface area contributed by atoms with Crippen molar-refractivity contribution in [1.29, 1.82) is 0 Å². The molecule has 0 aliphatic heterocycles. The molecule has 0 saturated heterocycles. The van der Waals surface area contributed by atoms with E-state index in [1.54, 1.807) is 12.1 Å². The molecule has 194 valence electrons. The quantitative estimate of drug-likeness (QED) is 0.215. The van der Waals surface area contributed by atoms with Crippen molar-refractivity contribution in [3.63, 3.8) is 0 Å². The normalized spacial score (nSPS) is 13.4. The summed E-state index contributed by atoms with van der Waals surface area (Å²) in [4.78, 5) is 12.4. The van der Waals surface area contributed by atoms with Crippen LogP contribution in [0.3, 0.4) is 0 Å². The molecular formula is C29H23ClF4N4. The first-order chi connectivity index (χ1) is 18.0. The number of fused-ring (bicyclic) bond motifs is 1. The lowest BCUT2D eigenvalue weighted by Gasteiger charge is -2.35. The van der Waals surface area contributed by atoms with Gasteiger partial charge < -0.3 is 10.3 Å². The smallest absolute Gasteiger partial charge is 0.340 e. The molecule has 3 aromatic carbocycles. The minimum absolute atomic E-state index is 0.0383. The zero-order valence-electron chi connectivity index (χ0n) is 20.5. The molecule has 38 heavy (non-hydrogen) atoms. The molecule has 0 aliphatic carbocycles. The summed E-state index contributed by atoms with van der Waals surface area (Å²) in [5.41, 5.74) is 2.16. The van der Waals surface area contributed by atoms with Gasteiger partial charge in [-0.15, -0.1) is 0 Å². The Bertz CT molecular complexity index is 1560. The molecule has 9 heteroatoms. The zero-order valence-corrected chi connectivity index (χ0v) is 21.3. The molecule has 0 spiro atoms.